The Balaban J connectivity index is 2.29. The van der Waals surface area contributed by atoms with Crippen LogP contribution >= 0.6 is 0 Å². The molecule has 6 heteroatoms. The lowest BCUT2D eigenvalue weighted by atomic mass is 10.2. The van der Waals surface area contributed by atoms with Gasteiger partial charge < -0.3 is 15.1 Å². The molecule has 1 heterocycles. The number of likely N-dealkylation sites (N-methyl/N-ethyl adjacent to an activating group) is 1. The van der Waals surface area contributed by atoms with E-state index >= 15 is 0 Å². The quantitative estimate of drug-likeness (QED) is 0.660. The van der Waals surface area contributed by atoms with E-state index in [1.165, 1.54) is 0 Å². The summed E-state index contributed by atoms with van der Waals surface area (Å²) in [7, 11) is 2.07. The maximum Gasteiger partial charge on any atom is 0.315 e. The van der Waals surface area contributed by atoms with E-state index in [2.05, 4.69) is 22.2 Å². The van der Waals surface area contributed by atoms with Crippen LogP contribution in [-0.4, -0.2) is 49.6 Å². The smallest absolute Gasteiger partial charge is 0.315 e. The number of anilines is 2. The number of rotatable bonds is 5. The van der Waals surface area contributed by atoms with Gasteiger partial charge in [-0.05, 0) is 25.6 Å². The Kier molecular flexibility index (Phi) is 4.79. The second-order valence-corrected chi connectivity index (χ2v) is 5.15. The van der Waals surface area contributed by atoms with Gasteiger partial charge in [-0.1, -0.05) is 13.0 Å². The molecule has 1 fully saturated rings. The van der Waals surface area contributed by atoms with Crippen LogP contribution in [-0.2, 0) is 0 Å². The summed E-state index contributed by atoms with van der Waals surface area (Å²) in [5.74, 6) is 0. The SMILES string of the molecule is CCCNc1cccc(N2CCN(C)CC2)c1[N+](=O)[O-]. The van der Waals surface area contributed by atoms with Crippen LogP contribution in [0.2, 0.25) is 0 Å². The number of nitro groups is 1. The van der Waals surface area contributed by atoms with Crippen LogP contribution < -0.4 is 10.2 Å². The highest BCUT2D eigenvalue weighted by Gasteiger charge is 2.25. The third kappa shape index (κ3) is 3.19. The summed E-state index contributed by atoms with van der Waals surface area (Å²) in [5, 5.41) is 14.6. The van der Waals surface area contributed by atoms with Crippen molar-refractivity contribution in [1.82, 2.24) is 4.90 Å². The highest BCUT2D eigenvalue weighted by Crippen LogP contribution is 2.35. The van der Waals surface area contributed by atoms with E-state index in [-0.39, 0.29) is 10.6 Å². The molecule has 0 amide bonds. The summed E-state index contributed by atoms with van der Waals surface area (Å²) in [5.41, 5.74) is 1.54. The molecule has 0 atom stereocenters. The summed E-state index contributed by atoms with van der Waals surface area (Å²) < 4.78 is 0. The molecule has 0 radical (unpaired) electrons. The average Bonchev–Trinajstić information content (AvgIpc) is 2.45. The Labute approximate surface area is 119 Å². The molecule has 110 valence electrons. The van der Waals surface area contributed by atoms with Gasteiger partial charge in [-0.2, -0.15) is 0 Å². The van der Waals surface area contributed by atoms with Crippen molar-refractivity contribution in [2.75, 3.05) is 50.0 Å². The van der Waals surface area contributed by atoms with Crippen LogP contribution in [0.1, 0.15) is 13.3 Å². The van der Waals surface area contributed by atoms with E-state index in [9.17, 15) is 10.1 Å². The Morgan fingerprint density at radius 1 is 1.30 bits per heavy atom. The fourth-order valence-corrected chi connectivity index (χ4v) is 2.43. The van der Waals surface area contributed by atoms with Crippen LogP contribution in [0.4, 0.5) is 17.1 Å². The fourth-order valence-electron chi connectivity index (χ4n) is 2.43. The number of benzene rings is 1. The molecule has 1 aromatic carbocycles. The normalized spacial score (nSPS) is 16.2. The Bertz CT molecular complexity index is 470. The second kappa shape index (κ2) is 6.56. The minimum absolute atomic E-state index is 0.200. The zero-order valence-corrected chi connectivity index (χ0v) is 12.1. The predicted molar refractivity (Wildman–Crippen MR) is 81.6 cm³/mol. The number of nitrogens with one attached hydrogen (secondary N) is 1. The molecular weight excluding hydrogens is 256 g/mol. The predicted octanol–water partition coefficient (Wildman–Crippen LogP) is 2.17. The number of hydrogen-bond acceptors (Lipinski definition) is 5. The molecule has 0 aromatic heterocycles. The number of piperazine rings is 1. The zero-order valence-electron chi connectivity index (χ0n) is 12.1. The van der Waals surface area contributed by atoms with Gasteiger partial charge in [-0.25, -0.2) is 0 Å². The molecule has 1 N–H and O–H groups in total. The van der Waals surface area contributed by atoms with E-state index in [1.54, 1.807) is 6.07 Å². The van der Waals surface area contributed by atoms with Crippen LogP contribution in [0, 0.1) is 10.1 Å². The monoisotopic (exact) mass is 278 g/mol. The van der Waals surface area contributed by atoms with Crippen molar-refractivity contribution in [2.24, 2.45) is 0 Å². The first-order valence-corrected chi connectivity index (χ1v) is 7.08. The molecule has 1 aliphatic heterocycles. The Hall–Kier alpha value is -1.82. The lowest BCUT2D eigenvalue weighted by molar-refractivity contribution is -0.383. The Morgan fingerprint density at radius 3 is 2.60 bits per heavy atom. The van der Waals surface area contributed by atoms with Crippen molar-refractivity contribution >= 4 is 17.1 Å². The van der Waals surface area contributed by atoms with E-state index in [0.29, 0.717) is 5.69 Å². The lowest BCUT2D eigenvalue weighted by Gasteiger charge is -2.33. The maximum atomic E-state index is 11.4. The Morgan fingerprint density at radius 2 is 2.00 bits per heavy atom. The van der Waals surface area contributed by atoms with Crippen molar-refractivity contribution in [2.45, 2.75) is 13.3 Å². The van der Waals surface area contributed by atoms with Gasteiger partial charge in [-0.3, -0.25) is 10.1 Å². The first-order chi connectivity index (χ1) is 9.63. The van der Waals surface area contributed by atoms with Gasteiger partial charge in [-0.15, -0.1) is 0 Å². The van der Waals surface area contributed by atoms with Gasteiger partial charge >= 0.3 is 5.69 Å². The summed E-state index contributed by atoms with van der Waals surface area (Å²) in [4.78, 5) is 15.5. The van der Waals surface area contributed by atoms with E-state index in [0.717, 1.165) is 44.8 Å². The first kappa shape index (κ1) is 14.6. The van der Waals surface area contributed by atoms with E-state index in [4.69, 9.17) is 0 Å². The van der Waals surface area contributed by atoms with E-state index < -0.39 is 0 Å². The molecule has 1 aromatic rings. The molecule has 0 unspecified atom stereocenters. The van der Waals surface area contributed by atoms with Crippen LogP contribution in [0.25, 0.3) is 0 Å². The lowest BCUT2D eigenvalue weighted by Crippen LogP contribution is -2.44. The topological polar surface area (TPSA) is 61.6 Å². The highest BCUT2D eigenvalue weighted by molar-refractivity contribution is 5.77. The molecule has 20 heavy (non-hydrogen) atoms. The first-order valence-electron chi connectivity index (χ1n) is 7.08. The number of para-hydroxylation sites is 1. The summed E-state index contributed by atoms with van der Waals surface area (Å²) in [6.07, 6.45) is 0.940. The maximum absolute atomic E-state index is 11.4. The summed E-state index contributed by atoms with van der Waals surface area (Å²) in [6, 6.07) is 5.52. The van der Waals surface area contributed by atoms with Crippen molar-refractivity contribution in [3.05, 3.63) is 28.3 Å². The molecule has 0 spiro atoms. The van der Waals surface area contributed by atoms with Gasteiger partial charge in [0.05, 0.1) is 4.92 Å². The summed E-state index contributed by atoms with van der Waals surface area (Å²) in [6.45, 7) is 6.31. The zero-order chi connectivity index (χ0) is 14.5. The molecule has 0 aliphatic carbocycles. The van der Waals surface area contributed by atoms with Crippen LogP contribution in [0.15, 0.2) is 18.2 Å². The molecular formula is C14H22N4O2. The largest absolute Gasteiger partial charge is 0.379 e. The van der Waals surface area contributed by atoms with Crippen molar-refractivity contribution < 1.29 is 4.92 Å². The third-order valence-corrected chi connectivity index (χ3v) is 3.61. The van der Waals surface area contributed by atoms with Gasteiger partial charge in [0.2, 0.25) is 0 Å². The van der Waals surface area contributed by atoms with Crippen LogP contribution in [0.5, 0.6) is 0 Å². The van der Waals surface area contributed by atoms with E-state index in [1.807, 2.05) is 19.1 Å². The number of nitro benzene ring substituents is 1. The van der Waals surface area contributed by atoms with Gasteiger partial charge in [0.25, 0.3) is 0 Å². The van der Waals surface area contributed by atoms with Gasteiger partial charge in [0.15, 0.2) is 0 Å². The average molecular weight is 278 g/mol. The molecule has 1 aliphatic rings. The van der Waals surface area contributed by atoms with Crippen molar-refractivity contribution in [1.29, 1.82) is 0 Å². The third-order valence-electron chi connectivity index (χ3n) is 3.61. The number of nitrogens with zero attached hydrogens (tertiary/aromatic N) is 3. The molecule has 1 saturated heterocycles. The molecule has 2 rings (SSSR count). The standard InChI is InChI=1S/C14H22N4O2/c1-3-7-15-12-5-4-6-13(14(12)18(19)20)17-10-8-16(2)9-11-17/h4-6,15H,3,7-11H2,1-2H3. The molecule has 0 bridgehead atoms. The van der Waals surface area contributed by atoms with Crippen LogP contribution in [0.3, 0.4) is 0 Å². The van der Waals surface area contributed by atoms with Crippen molar-refractivity contribution in [3.8, 4) is 0 Å². The van der Waals surface area contributed by atoms with Gasteiger partial charge in [0.1, 0.15) is 11.4 Å². The molecule has 0 saturated carbocycles. The minimum Gasteiger partial charge on any atom is -0.379 e. The minimum atomic E-state index is -0.272. The fraction of sp³-hybridized carbons (Fsp3) is 0.571. The van der Waals surface area contributed by atoms with Gasteiger partial charge in [0, 0.05) is 32.7 Å². The second-order valence-electron chi connectivity index (χ2n) is 5.15. The number of hydrogen-bond donors (Lipinski definition) is 1. The summed E-state index contributed by atoms with van der Waals surface area (Å²) >= 11 is 0. The van der Waals surface area contributed by atoms with Crippen molar-refractivity contribution in [3.63, 3.8) is 0 Å². The highest BCUT2D eigenvalue weighted by atomic mass is 16.6. The molecule has 6 nitrogen and oxygen atoms in total.